The molecule has 5 heteroatoms. The highest BCUT2D eigenvalue weighted by Crippen LogP contribution is 2.32. The van der Waals surface area contributed by atoms with E-state index >= 15 is 0 Å². The average Bonchev–Trinajstić information content (AvgIpc) is 2.48. The van der Waals surface area contributed by atoms with E-state index < -0.39 is 11.9 Å². The Morgan fingerprint density at radius 2 is 1.70 bits per heavy atom. The third-order valence-corrected chi connectivity index (χ3v) is 4.24. The molecule has 2 aromatic rings. The molecule has 0 aliphatic rings. The van der Waals surface area contributed by atoms with Crippen molar-refractivity contribution in [3.8, 4) is 0 Å². The summed E-state index contributed by atoms with van der Waals surface area (Å²) in [6.45, 7) is 1.67. The predicted molar refractivity (Wildman–Crippen MR) is 97.2 cm³/mol. The maximum absolute atomic E-state index is 11.2. The molecule has 1 atom stereocenters. The van der Waals surface area contributed by atoms with Crippen molar-refractivity contribution in [3.63, 3.8) is 0 Å². The number of allylic oxidation sites excluding steroid dienone is 1. The zero-order valence-corrected chi connectivity index (χ0v) is 14.7. The fourth-order valence-corrected chi connectivity index (χ4v) is 2.83. The summed E-state index contributed by atoms with van der Waals surface area (Å²) in [5.74, 6) is -1.38. The monoisotopic (exact) mass is 368 g/mol. The van der Waals surface area contributed by atoms with Crippen molar-refractivity contribution in [1.82, 2.24) is 0 Å². The molecule has 0 unspecified atom stereocenters. The van der Waals surface area contributed by atoms with Crippen LogP contribution in [0.3, 0.4) is 0 Å². The lowest BCUT2D eigenvalue weighted by Gasteiger charge is -2.13. The number of halogens is 3. The smallest absolute Gasteiger partial charge is 0.306 e. The minimum absolute atomic E-state index is 0.360. The molecule has 0 bridgehead atoms. The highest BCUT2D eigenvalue weighted by molar-refractivity contribution is 6.35. The van der Waals surface area contributed by atoms with Gasteiger partial charge in [-0.05, 0) is 47.4 Å². The van der Waals surface area contributed by atoms with Crippen molar-refractivity contribution in [2.24, 2.45) is 5.92 Å². The summed E-state index contributed by atoms with van der Waals surface area (Å²) in [6, 6.07) is 12.5. The Morgan fingerprint density at radius 3 is 2.26 bits per heavy atom. The van der Waals surface area contributed by atoms with Gasteiger partial charge in [0.2, 0.25) is 0 Å². The van der Waals surface area contributed by atoms with Crippen LogP contribution in [0.4, 0.5) is 0 Å². The summed E-state index contributed by atoms with van der Waals surface area (Å²) in [7, 11) is 0. The van der Waals surface area contributed by atoms with Crippen LogP contribution < -0.4 is 0 Å². The number of hydrogen-bond acceptors (Lipinski definition) is 1. The highest BCUT2D eigenvalue weighted by Gasteiger charge is 2.16. The zero-order chi connectivity index (χ0) is 17.0. The van der Waals surface area contributed by atoms with E-state index in [0.29, 0.717) is 21.5 Å². The van der Waals surface area contributed by atoms with Gasteiger partial charge in [0.05, 0.1) is 5.92 Å². The summed E-state index contributed by atoms with van der Waals surface area (Å²) in [4.78, 5) is 11.2. The molecule has 1 N–H and O–H groups in total. The van der Waals surface area contributed by atoms with Crippen molar-refractivity contribution < 1.29 is 9.90 Å². The molecule has 0 spiro atoms. The van der Waals surface area contributed by atoms with Gasteiger partial charge in [-0.3, -0.25) is 4.79 Å². The van der Waals surface area contributed by atoms with E-state index in [1.165, 1.54) is 0 Å². The quantitative estimate of drug-likeness (QED) is 0.628. The van der Waals surface area contributed by atoms with Gasteiger partial charge in [-0.15, -0.1) is 0 Å². The van der Waals surface area contributed by atoms with Gasteiger partial charge in [-0.2, -0.15) is 0 Å². The van der Waals surface area contributed by atoms with Gasteiger partial charge in [0.1, 0.15) is 0 Å². The SMILES string of the molecule is C[C@H](C/C(=C/c1ccc(Cl)cc1)c1ccc(Cl)cc1Cl)C(=O)O. The molecular weight excluding hydrogens is 355 g/mol. The number of carboxylic acids is 1. The number of rotatable bonds is 5. The molecule has 2 nitrogen and oxygen atoms in total. The Bertz CT molecular complexity index is 736. The highest BCUT2D eigenvalue weighted by atomic mass is 35.5. The molecule has 23 heavy (non-hydrogen) atoms. The van der Waals surface area contributed by atoms with E-state index in [1.807, 2.05) is 18.2 Å². The maximum atomic E-state index is 11.2. The predicted octanol–water partition coefficient (Wildman–Crippen LogP) is 6.30. The fourth-order valence-electron chi connectivity index (χ4n) is 2.17. The van der Waals surface area contributed by atoms with Crippen LogP contribution >= 0.6 is 34.8 Å². The minimum Gasteiger partial charge on any atom is -0.481 e. The first-order valence-corrected chi connectivity index (χ1v) is 8.14. The second kappa shape index (κ2) is 7.87. The molecule has 0 aromatic heterocycles. The van der Waals surface area contributed by atoms with Crippen LogP contribution in [0.25, 0.3) is 11.6 Å². The van der Waals surface area contributed by atoms with Gasteiger partial charge in [0, 0.05) is 15.1 Å². The lowest BCUT2D eigenvalue weighted by Crippen LogP contribution is -2.10. The van der Waals surface area contributed by atoms with Crippen LogP contribution in [0, 0.1) is 5.92 Å². The second-order valence-electron chi connectivity index (χ2n) is 5.29. The molecule has 0 aliphatic carbocycles. The Morgan fingerprint density at radius 1 is 1.09 bits per heavy atom. The summed E-state index contributed by atoms with van der Waals surface area (Å²) >= 11 is 18.1. The van der Waals surface area contributed by atoms with Gasteiger partial charge in [0.15, 0.2) is 0 Å². The van der Waals surface area contributed by atoms with Crippen LogP contribution in [-0.4, -0.2) is 11.1 Å². The third-order valence-electron chi connectivity index (χ3n) is 3.44. The van der Waals surface area contributed by atoms with E-state index in [1.54, 1.807) is 37.3 Å². The molecule has 0 amide bonds. The molecule has 2 rings (SSSR count). The summed E-state index contributed by atoms with van der Waals surface area (Å²) in [5.41, 5.74) is 2.54. The molecule has 0 aliphatic heterocycles. The summed E-state index contributed by atoms with van der Waals surface area (Å²) in [5, 5.41) is 10.9. The minimum atomic E-state index is -0.850. The van der Waals surface area contributed by atoms with Crippen LogP contribution in [0.2, 0.25) is 15.1 Å². The van der Waals surface area contributed by atoms with Gasteiger partial charge < -0.3 is 5.11 Å². The van der Waals surface area contributed by atoms with Crippen molar-refractivity contribution >= 4 is 52.4 Å². The molecule has 2 aromatic carbocycles. The lowest BCUT2D eigenvalue weighted by atomic mass is 9.93. The average molecular weight is 370 g/mol. The normalized spacial score (nSPS) is 13.0. The number of hydrogen-bond donors (Lipinski definition) is 1. The van der Waals surface area contributed by atoms with Crippen LogP contribution in [0.5, 0.6) is 0 Å². The molecule has 0 heterocycles. The van der Waals surface area contributed by atoms with Crippen LogP contribution in [0.1, 0.15) is 24.5 Å². The fraction of sp³-hybridized carbons (Fsp3) is 0.167. The van der Waals surface area contributed by atoms with Gasteiger partial charge in [-0.1, -0.05) is 66.0 Å². The largest absolute Gasteiger partial charge is 0.481 e. The van der Waals surface area contributed by atoms with Gasteiger partial charge in [0.25, 0.3) is 0 Å². The number of benzene rings is 2. The lowest BCUT2D eigenvalue weighted by molar-refractivity contribution is -0.140. The van der Waals surface area contributed by atoms with E-state index in [2.05, 4.69) is 0 Å². The summed E-state index contributed by atoms with van der Waals surface area (Å²) < 4.78 is 0. The van der Waals surface area contributed by atoms with Crippen molar-refractivity contribution in [3.05, 3.63) is 68.7 Å². The zero-order valence-electron chi connectivity index (χ0n) is 12.4. The van der Waals surface area contributed by atoms with Crippen LogP contribution in [-0.2, 0) is 4.79 Å². The summed E-state index contributed by atoms with van der Waals surface area (Å²) in [6.07, 6.45) is 2.28. The molecule has 0 radical (unpaired) electrons. The Kier molecular flexibility index (Phi) is 6.11. The Balaban J connectivity index is 2.46. The van der Waals surface area contributed by atoms with Crippen molar-refractivity contribution in [2.75, 3.05) is 0 Å². The van der Waals surface area contributed by atoms with Crippen molar-refractivity contribution in [2.45, 2.75) is 13.3 Å². The molecule has 0 fully saturated rings. The number of carbonyl (C=O) groups is 1. The first kappa shape index (κ1) is 17.9. The Hall–Kier alpha value is -1.48. The Labute approximate surface area is 150 Å². The van der Waals surface area contributed by atoms with Gasteiger partial charge in [-0.25, -0.2) is 0 Å². The van der Waals surface area contributed by atoms with Crippen molar-refractivity contribution in [1.29, 1.82) is 0 Å². The van der Waals surface area contributed by atoms with E-state index in [-0.39, 0.29) is 0 Å². The van der Waals surface area contributed by atoms with E-state index in [4.69, 9.17) is 34.8 Å². The molecular formula is C18H15Cl3O2. The second-order valence-corrected chi connectivity index (χ2v) is 6.57. The van der Waals surface area contributed by atoms with Gasteiger partial charge >= 0.3 is 5.97 Å². The molecule has 0 saturated heterocycles. The molecule has 120 valence electrons. The number of aliphatic carboxylic acids is 1. The standard InChI is InChI=1S/C18H15Cl3O2/c1-11(18(22)23)8-13(9-12-2-4-14(19)5-3-12)16-7-6-15(20)10-17(16)21/h2-7,9-11H,8H2,1H3,(H,22,23)/b13-9-/t11-/m1/s1. The number of carboxylic acid groups (broad SMARTS) is 1. The van der Waals surface area contributed by atoms with Crippen LogP contribution in [0.15, 0.2) is 42.5 Å². The first-order chi connectivity index (χ1) is 10.9. The van der Waals surface area contributed by atoms with E-state index in [9.17, 15) is 9.90 Å². The third kappa shape index (κ3) is 5.00. The van der Waals surface area contributed by atoms with E-state index in [0.717, 1.165) is 16.7 Å². The topological polar surface area (TPSA) is 37.3 Å². The molecule has 0 saturated carbocycles. The maximum Gasteiger partial charge on any atom is 0.306 e. The first-order valence-electron chi connectivity index (χ1n) is 7.01.